The summed E-state index contributed by atoms with van der Waals surface area (Å²) in [5, 5.41) is 8.16. The van der Waals surface area contributed by atoms with Gasteiger partial charge in [-0.05, 0) is 31.0 Å². The van der Waals surface area contributed by atoms with Crippen LogP contribution in [0.1, 0.15) is 28.8 Å². The van der Waals surface area contributed by atoms with E-state index in [0.717, 1.165) is 34.1 Å². The molecule has 0 saturated heterocycles. The van der Waals surface area contributed by atoms with Crippen LogP contribution in [0.15, 0.2) is 59.3 Å². The number of nitrogens with one attached hydrogen (secondary N) is 1. The first-order valence-electron chi connectivity index (χ1n) is 10.1. The summed E-state index contributed by atoms with van der Waals surface area (Å²) < 4.78 is 5.80. The van der Waals surface area contributed by atoms with E-state index in [0.29, 0.717) is 11.7 Å². The van der Waals surface area contributed by atoms with Crippen molar-refractivity contribution in [2.45, 2.75) is 33.3 Å². The lowest BCUT2D eigenvalue weighted by atomic mass is 10.1. The summed E-state index contributed by atoms with van der Waals surface area (Å²) in [6, 6.07) is 16.2. The van der Waals surface area contributed by atoms with Gasteiger partial charge >= 0.3 is 0 Å². The van der Waals surface area contributed by atoms with Gasteiger partial charge in [0.1, 0.15) is 17.4 Å². The summed E-state index contributed by atoms with van der Waals surface area (Å²) in [6.45, 7) is 4.57. The number of aryl methyl sites for hydroxylation is 2. The molecule has 4 aromatic rings. The number of carbonyl (C=O) groups excluding carboxylic acids is 1. The van der Waals surface area contributed by atoms with Crippen LogP contribution in [0, 0.1) is 6.92 Å². The molecule has 0 atom stereocenters. The summed E-state index contributed by atoms with van der Waals surface area (Å²) in [7, 11) is 0. The molecule has 0 unspecified atom stereocenters. The molecular formula is C24H23N3O2S2. The third-order valence-electron chi connectivity index (χ3n) is 4.73. The number of ether oxygens (including phenoxy) is 1. The minimum atomic E-state index is -0.127. The standard InChI is InChI=1S/C24H23N3O2S2/c1-3-17-6-10-20(11-7-17)29-13-23-25-19(14-30-23)12-22(28)27-24-26-21(15-31-24)18-8-4-16(2)5-9-18/h4-11,14-15H,3,12-13H2,1-2H3,(H,26,27,28). The summed E-state index contributed by atoms with van der Waals surface area (Å²) >= 11 is 2.92. The van der Waals surface area contributed by atoms with Gasteiger partial charge in [-0.1, -0.05) is 48.9 Å². The predicted octanol–water partition coefficient (Wildman–Crippen LogP) is 5.90. The van der Waals surface area contributed by atoms with E-state index in [1.54, 1.807) is 0 Å². The van der Waals surface area contributed by atoms with Gasteiger partial charge in [-0.15, -0.1) is 22.7 Å². The minimum absolute atomic E-state index is 0.127. The maximum atomic E-state index is 12.4. The molecule has 0 bridgehead atoms. The van der Waals surface area contributed by atoms with E-state index in [9.17, 15) is 4.79 Å². The van der Waals surface area contributed by atoms with Crippen LogP contribution in [0.4, 0.5) is 5.13 Å². The lowest BCUT2D eigenvalue weighted by Crippen LogP contribution is -2.14. The molecule has 0 saturated carbocycles. The Hall–Kier alpha value is -3.03. The molecule has 0 fully saturated rings. The number of benzene rings is 2. The largest absolute Gasteiger partial charge is 0.486 e. The van der Waals surface area contributed by atoms with Crippen molar-refractivity contribution < 1.29 is 9.53 Å². The molecule has 158 valence electrons. The van der Waals surface area contributed by atoms with Crippen LogP contribution >= 0.6 is 22.7 Å². The van der Waals surface area contributed by atoms with Crippen LogP contribution in [0.5, 0.6) is 5.75 Å². The summed E-state index contributed by atoms with van der Waals surface area (Å²) in [4.78, 5) is 21.4. The second-order valence-electron chi connectivity index (χ2n) is 7.15. The molecule has 5 nitrogen and oxygen atoms in total. The Kier molecular flexibility index (Phi) is 6.74. The van der Waals surface area contributed by atoms with Gasteiger partial charge in [0.2, 0.25) is 5.91 Å². The number of carbonyl (C=O) groups is 1. The van der Waals surface area contributed by atoms with Crippen molar-refractivity contribution in [2.24, 2.45) is 0 Å². The molecule has 4 rings (SSSR count). The van der Waals surface area contributed by atoms with E-state index in [4.69, 9.17) is 4.74 Å². The average molecular weight is 450 g/mol. The van der Waals surface area contributed by atoms with Gasteiger partial charge in [-0.25, -0.2) is 9.97 Å². The number of nitrogens with zero attached hydrogens (tertiary/aromatic N) is 2. The third-order valence-corrected chi connectivity index (χ3v) is 6.36. The zero-order valence-corrected chi connectivity index (χ0v) is 19.1. The second-order valence-corrected chi connectivity index (χ2v) is 8.95. The van der Waals surface area contributed by atoms with Crippen molar-refractivity contribution in [1.82, 2.24) is 9.97 Å². The van der Waals surface area contributed by atoms with Gasteiger partial charge in [-0.3, -0.25) is 4.79 Å². The maximum Gasteiger partial charge on any atom is 0.232 e. The summed E-state index contributed by atoms with van der Waals surface area (Å²) in [6.07, 6.45) is 1.22. The van der Waals surface area contributed by atoms with Gasteiger partial charge < -0.3 is 10.1 Å². The van der Waals surface area contributed by atoms with Crippen molar-refractivity contribution in [2.75, 3.05) is 5.32 Å². The highest BCUT2D eigenvalue weighted by atomic mass is 32.1. The van der Waals surface area contributed by atoms with Crippen LogP contribution in [0.25, 0.3) is 11.3 Å². The first-order chi connectivity index (χ1) is 15.1. The molecular weight excluding hydrogens is 426 g/mol. The van der Waals surface area contributed by atoms with Gasteiger partial charge in [0.25, 0.3) is 0 Å². The number of rotatable bonds is 8. The fraction of sp³-hybridized carbons (Fsp3) is 0.208. The van der Waals surface area contributed by atoms with Crippen LogP contribution in [0.2, 0.25) is 0 Å². The lowest BCUT2D eigenvalue weighted by Gasteiger charge is -2.04. The highest BCUT2D eigenvalue weighted by molar-refractivity contribution is 7.14. The van der Waals surface area contributed by atoms with Gasteiger partial charge in [0.15, 0.2) is 5.13 Å². The third kappa shape index (κ3) is 5.77. The Labute approximate surface area is 189 Å². The number of hydrogen-bond donors (Lipinski definition) is 1. The SMILES string of the molecule is CCc1ccc(OCc2nc(CC(=O)Nc3nc(-c4ccc(C)cc4)cs3)cs2)cc1. The van der Waals surface area contributed by atoms with E-state index < -0.39 is 0 Å². The molecule has 2 heterocycles. The molecule has 7 heteroatoms. The fourth-order valence-electron chi connectivity index (χ4n) is 2.98. The quantitative estimate of drug-likeness (QED) is 0.364. The molecule has 2 aromatic heterocycles. The van der Waals surface area contributed by atoms with E-state index >= 15 is 0 Å². The molecule has 1 amide bonds. The molecule has 0 aliphatic carbocycles. The molecule has 0 aliphatic heterocycles. The lowest BCUT2D eigenvalue weighted by molar-refractivity contribution is -0.115. The van der Waals surface area contributed by atoms with E-state index in [1.807, 2.05) is 35.0 Å². The fourth-order valence-corrected chi connectivity index (χ4v) is 4.42. The number of aromatic nitrogens is 2. The Morgan fingerprint density at radius 1 is 1.00 bits per heavy atom. The second kappa shape index (κ2) is 9.85. The summed E-state index contributed by atoms with van der Waals surface area (Å²) in [5.41, 5.74) is 5.12. The van der Waals surface area contributed by atoms with Crippen molar-refractivity contribution >= 4 is 33.7 Å². The topological polar surface area (TPSA) is 64.1 Å². The average Bonchev–Trinajstić information content (AvgIpc) is 3.42. The minimum Gasteiger partial charge on any atom is -0.486 e. The molecule has 0 radical (unpaired) electrons. The van der Waals surface area contributed by atoms with Crippen molar-refractivity contribution in [3.05, 3.63) is 81.1 Å². The van der Waals surface area contributed by atoms with E-state index in [1.165, 1.54) is 33.8 Å². The van der Waals surface area contributed by atoms with Crippen LogP contribution in [-0.2, 0) is 24.2 Å². The predicted molar refractivity (Wildman–Crippen MR) is 127 cm³/mol. The number of amides is 1. The smallest absolute Gasteiger partial charge is 0.232 e. The molecule has 0 aliphatic rings. The van der Waals surface area contributed by atoms with Crippen molar-refractivity contribution in [3.8, 4) is 17.0 Å². The van der Waals surface area contributed by atoms with Crippen molar-refractivity contribution in [3.63, 3.8) is 0 Å². The Morgan fingerprint density at radius 3 is 2.52 bits per heavy atom. The highest BCUT2D eigenvalue weighted by Crippen LogP contribution is 2.25. The van der Waals surface area contributed by atoms with Gasteiger partial charge in [0.05, 0.1) is 17.8 Å². The monoisotopic (exact) mass is 449 g/mol. The zero-order valence-electron chi connectivity index (χ0n) is 17.4. The van der Waals surface area contributed by atoms with Crippen LogP contribution in [0.3, 0.4) is 0 Å². The molecule has 31 heavy (non-hydrogen) atoms. The maximum absolute atomic E-state index is 12.4. The molecule has 0 spiro atoms. The number of hydrogen-bond acceptors (Lipinski definition) is 6. The van der Waals surface area contributed by atoms with Crippen molar-refractivity contribution in [1.29, 1.82) is 0 Å². The highest BCUT2D eigenvalue weighted by Gasteiger charge is 2.11. The molecule has 2 aromatic carbocycles. The molecule has 1 N–H and O–H groups in total. The first kappa shape index (κ1) is 21.2. The van der Waals surface area contributed by atoms with Gasteiger partial charge in [-0.2, -0.15) is 0 Å². The number of anilines is 1. The normalized spacial score (nSPS) is 10.8. The van der Waals surface area contributed by atoms with Crippen LogP contribution < -0.4 is 10.1 Å². The zero-order chi connectivity index (χ0) is 21.6. The van der Waals surface area contributed by atoms with Crippen LogP contribution in [-0.4, -0.2) is 15.9 Å². The van der Waals surface area contributed by atoms with E-state index in [-0.39, 0.29) is 12.3 Å². The first-order valence-corrected chi connectivity index (χ1v) is 11.8. The Morgan fingerprint density at radius 2 is 1.77 bits per heavy atom. The Bertz CT molecular complexity index is 1150. The van der Waals surface area contributed by atoms with E-state index in [2.05, 4.69) is 53.4 Å². The Balaban J connectivity index is 1.29. The number of thiazole rings is 2. The summed E-state index contributed by atoms with van der Waals surface area (Å²) in [5.74, 6) is 0.692. The van der Waals surface area contributed by atoms with Gasteiger partial charge in [0, 0.05) is 16.3 Å².